The van der Waals surface area contributed by atoms with Gasteiger partial charge in [0.25, 0.3) is 0 Å². The highest BCUT2D eigenvalue weighted by Crippen LogP contribution is 2.31. The van der Waals surface area contributed by atoms with Gasteiger partial charge >= 0.3 is 0 Å². The molecule has 2 fully saturated rings. The van der Waals surface area contributed by atoms with Crippen LogP contribution >= 0.6 is 0 Å². The zero-order valence-corrected chi connectivity index (χ0v) is 15.1. The molecule has 2 aliphatic rings. The van der Waals surface area contributed by atoms with Crippen molar-refractivity contribution in [1.82, 2.24) is 9.21 Å². The molecule has 1 saturated heterocycles. The number of nitrogens with zero attached hydrogens (tertiary/aromatic N) is 2. The Morgan fingerprint density at radius 3 is 2.58 bits per heavy atom. The second-order valence-corrected chi connectivity index (χ2v) is 9.53. The highest BCUT2D eigenvalue weighted by Gasteiger charge is 2.39. The van der Waals surface area contributed by atoms with Crippen LogP contribution in [0, 0.1) is 11.7 Å². The van der Waals surface area contributed by atoms with Crippen molar-refractivity contribution >= 4 is 10.0 Å². The monoisotopic (exact) mass is 354 g/mol. The summed E-state index contributed by atoms with van der Waals surface area (Å²) in [7, 11) is -1.34. The van der Waals surface area contributed by atoms with Gasteiger partial charge in [-0.15, -0.1) is 0 Å². The van der Waals surface area contributed by atoms with Gasteiger partial charge in [0.15, 0.2) is 0 Å². The summed E-state index contributed by atoms with van der Waals surface area (Å²) in [5.74, 6) is 0.210. The normalized spacial score (nSPS) is 22.9. The van der Waals surface area contributed by atoms with E-state index < -0.39 is 10.0 Å². The lowest BCUT2D eigenvalue weighted by molar-refractivity contribution is 0.163. The lowest BCUT2D eigenvalue weighted by Crippen LogP contribution is -2.42. The molecule has 0 bridgehead atoms. The van der Waals surface area contributed by atoms with Crippen molar-refractivity contribution in [2.75, 3.05) is 33.2 Å². The van der Waals surface area contributed by atoms with Crippen LogP contribution in [0.3, 0.4) is 0 Å². The minimum absolute atomic E-state index is 0.124. The number of hydrogen-bond donors (Lipinski definition) is 0. The molecule has 6 heteroatoms. The van der Waals surface area contributed by atoms with E-state index in [9.17, 15) is 12.8 Å². The third-order valence-electron chi connectivity index (χ3n) is 5.13. The Labute approximate surface area is 144 Å². The highest BCUT2D eigenvalue weighted by molar-refractivity contribution is 7.90. The maximum absolute atomic E-state index is 12.9. The average molecular weight is 354 g/mol. The summed E-state index contributed by atoms with van der Waals surface area (Å²) >= 11 is 0. The molecule has 4 nitrogen and oxygen atoms in total. The lowest BCUT2D eigenvalue weighted by Gasteiger charge is -2.34. The van der Waals surface area contributed by atoms with Gasteiger partial charge in [-0.05, 0) is 62.3 Å². The minimum atomic E-state index is -3.06. The SMILES string of the molecule is CN(C[C@H]1CCCN(CCc2ccc(F)cc2)C1)S(=O)(=O)C1CC1. The lowest BCUT2D eigenvalue weighted by atomic mass is 9.97. The first-order chi connectivity index (χ1) is 11.4. The number of hydrogen-bond acceptors (Lipinski definition) is 3. The Kier molecular flexibility index (Phi) is 5.57. The predicted octanol–water partition coefficient (Wildman–Crippen LogP) is 2.50. The average Bonchev–Trinajstić information content (AvgIpc) is 3.40. The topological polar surface area (TPSA) is 40.6 Å². The molecule has 0 N–H and O–H groups in total. The molecule has 0 aromatic heterocycles. The maximum atomic E-state index is 12.9. The highest BCUT2D eigenvalue weighted by atomic mass is 32.2. The third kappa shape index (κ3) is 4.55. The van der Waals surface area contributed by atoms with Crippen LogP contribution in [0.25, 0.3) is 0 Å². The summed E-state index contributed by atoms with van der Waals surface area (Å²) in [6.07, 6.45) is 4.76. The molecular weight excluding hydrogens is 327 g/mol. The van der Waals surface area contributed by atoms with Crippen molar-refractivity contribution < 1.29 is 12.8 Å². The molecule has 1 saturated carbocycles. The smallest absolute Gasteiger partial charge is 0.216 e. The van der Waals surface area contributed by atoms with Crippen molar-refractivity contribution in [2.45, 2.75) is 37.4 Å². The number of likely N-dealkylation sites (tertiary alicyclic amines) is 1. The standard InChI is InChI=1S/C18H27FN2O2S/c1-20(24(22,23)18-8-9-18)13-16-3-2-11-21(14-16)12-10-15-4-6-17(19)7-5-15/h4-7,16,18H,2-3,8-14H2,1H3/t16-/m1/s1. The van der Waals surface area contributed by atoms with Gasteiger partial charge in [-0.1, -0.05) is 12.1 Å². The molecule has 0 spiro atoms. The van der Waals surface area contributed by atoms with Gasteiger partial charge in [-0.3, -0.25) is 0 Å². The minimum Gasteiger partial charge on any atom is -0.303 e. The first-order valence-electron chi connectivity index (χ1n) is 8.87. The Hall–Kier alpha value is -0.980. The molecule has 134 valence electrons. The molecule has 1 aliphatic carbocycles. The van der Waals surface area contributed by atoms with Gasteiger partial charge < -0.3 is 4.90 Å². The van der Waals surface area contributed by atoms with Gasteiger partial charge in [-0.2, -0.15) is 0 Å². The Balaban J connectivity index is 1.48. The summed E-state index contributed by atoms with van der Waals surface area (Å²) in [6, 6.07) is 6.69. The van der Waals surface area contributed by atoms with Crippen molar-refractivity contribution in [3.05, 3.63) is 35.6 Å². The molecule has 0 amide bonds. The van der Waals surface area contributed by atoms with Gasteiger partial charge in [0.1, 0.15) is 5.82 Å². The summed E-state index contributed by atoms with van der Waals surface area (Å²) < 4.78 is 39.1. The van der Waals surface area contributed by atoms with Crippen LogP contribution in [0.2, 0.25) is 0 Å². The summed E-state index contributed by atoms with van der Waals surface area (Å²) in [6.45, 7) is 3.59. The van der Waals surface area contributed by atoms with Crippen LogP contribution in [-0.4, -0.2) is 56.1 Å². The molecular formula is C18H27FN2O2S. The van der Waals surface area contributed by atoms with Crippen LogP contribution in [0.15, 0.2) is 24.3 Å². The van der Waals surface area contributed by atoms with Gasteiger partial charge in [0.05, 0.1) is 5.25 Å². The fraction of sp³-hybridized carbons (Fsp3) is 0.667. The van der Waals surface area contributed by atoms with E-state index in [1.807, 2.05) is 12.1 Å². The van der Waals surface area contributed by atoms with E-state index in [4.69, 9.17) is 0 Å². The number of halogens is 1. The van der Waals surface area contributed by atoms with Crippen molar-refractivity contribution in [3.63, 3.8) is 0 Å². The summed E-state index contributed by atoms with van der Waals surface area (Å²) in [5, 5.41) is -0.124. The maximum Gasteiger partial charge on any atom is 0.216 e. The molecule has 1 heterocycles. The zero-order valence-electron chi connectivity index (χ0n) is 14.3. The van der Waals surface area contributed by atoms with Crippen LogP contribution in [0.1, 0.15) is 31.2 Å². The van der Waals surface area contributed by atoms with Crippen LogP contribution in [0.4, 0.5) is 4.39 Å². The molecule has 1 atom stereocenters. The molecule has 3 rings (SSSR count). The first kappa shape index (κ1) is 17.8. The van der Waals surface area contributed by atoms with E-state index in [-0.39, 0.29) is 11.1 Å². The van der Waals surface area contributed by atoms with Gasteiger partial charge in [-0.25, -0.2) is 17.1 Å². The fourth-order valence-electron chi connectivity index (χ4n) is 3.53. The van der Waals surface area contributed by atoms with Crippen LogP contribution in [-0.2, 0) is 16.4 Å². The zero-order chi connectivity index (χ0) is 17.2. The van der Waals surface area contributed by atoms with E-state index >= 15 is 0 Å². The van der Waals surface area contributed by atoms with E-state index in [1.54, 1.807) is 11.4 Å². The number of piperidine rings is 1. The van der Waals surface area contributed by atoms with Crippen LogP contribution < -0.4 is 0 Å². The molecule has 0 unspecified atom stereocenters. The van der Waals surface area contributed by atoms with E-state index in [2.05, 4.69) is 4.90 Å². The molecule has 24 heavy (non-hydrogen) atoms. The Bertz CT molecular complexity index is 643. The molecule has 1 aliphatic heterocycles. The summed E-state index contributed by atoms with van der Waals surface area (Å²) in [5.41, 5.74) is 1.15. The second kappa shape index (κ2) is 7.50. The van der Waals surface area contributed by atoms with E-state index in [0.29, 0.717) is 12.5 Å². The van der Waals surface area contributed by atoms with E-state index in [0.717, 1.165) is 57.3 Å². The van der Waals surface area contributed by atoms with Crippen molar-refractivity contribution in [3.8, 4) is 0 Å². The second-order valence-electron chi connectivity index (χ2n) is 7.21. The summed E-state index contributed by atoms with van der Waals surface area (Å²) in [4.78, 5) is 2.41. The van der Waals surface area contributed by atoms with Crippen molar-refractivity contribution in [1.29, 1.82) is 0 Å². The van der Waals surface area contributed by atoms with Gasteiger partial charge in [0, 0.05) is 26.7 Å². The predicted molar refractivity (Wildman–Crippen MR) is 93.8 cm³/mol. The van der Waals surface area contributed by atoms with E-state index in [1.165, 1.54) is 12.1 Å². The number of benzene rings is 1. The first-order valence-corrected chi connectivity index (χ1v) is 10.4. The number of sulfonamides is 1. The largest absolute Gasteiger partial charge is 0.303 e. The molecule has 1 aromatic rings. The van der Waals surface area contributed by atoms with Crippen molar-refractivity contribution in [2.24, 2.45) is 5.92 Å². The Morgan fingerprint density at radius 1 is 1.21 bits per heavy atom. The molecule has 1 aromatic carbocycles. The molecule has 0 radical (unpaired) electrons. The third-order valence-corrected chi connectivity index (χ3v) is 7.46. The fourth-order valence-corrected chi connectivity index (χ4v) is 5.19. The number of rotatable bonds is 7. The Morgan fingerprint density at radius 2 is 1.92 bits per heavy atom. The quantitative estimate of drug-likeness (QED) is 0.755. The van der Waals surface area contributed by atoms with Gasteiger partial charge in [0.2, 0.25) is 10.0 Å². The van der Waals surface area contributed by atoms with Crippen LogP contribution in [0.5, 0.6) is 0 Å².